The number of nitrogens with one attached hydrogen (secondary N) is 1. The summed E-state index contributed by atoms with van der Waals surface area (Å²) < 4.78 is 43.8. The van der Waals surface area contributed by atoms with E-state index in [0.717, 1.165) is 0 Å². The molecule has 0 aliphatic heterocycles. The second-order valence-electron chi connectivity index (χ2n) is 10.6. The number of hydrogen-bond donors (Lipinski definition) is 3. The maximum atomic E-state index is 14.0. The number of carboxylic acids is 1. The molecular formula is C33H32F3N2O5-. The number of benzene rings is 3. The predicted molar refractivity (Wildman–Crippen MR) is 155 cm³/mol. The first-order valence-electron chi connectivity index (χ1n) is 13.9. The lowest BCUT2D eigenvalue weighted by Gasteiger charge is -2.20. The SMILES string of the molecule is CC(C)n1c(CC[C@@H](O)C[C@@H](O)CC(=O)[O-])c(-c2ccc(F)cc2)c(-c2ccc(F)cc2)c1C(=O)Nc1cccc(F)c1. The minimum absolute atomic E-state index is 0.0862. The Morgan fingerprint density at radius 1 is 0.837 bits per heavy atom. The zero-order valence-corrected chi connectivity index (χ0v) is 23.7. The summed E-state index contributed by atoms with van der Waals surface area (Å²) >= 11 is 0. The Bertz CT molecular complexity index is 1580. The molecule has 0 saturated heterocycles. The van der Waals surface area contributed by atoms with E-state index in [2.05, 4.69) is 5.32 Å². The fourth-order valence-electron chi connectivity index (χ4n) is 5.27. The Labute approximate surface area is 247 Å². The van der Waals surface area contributed by atoms with Gasteiger partial charge < -0.3 is 30.0 Å². The van der Waals surface area contributed by atoms with Crippen molar-refractivity contribution in [2.45, 2.75) is 57.8 Å². The van der Waals surface area contributed by atoms with Crippen LogP contribution in [0.3, 0.4) is 0 Å². The summed E-state index contributed by atoms with van der Waals surface area (Å²) in [7, 11) is 0. The van der Waals surface area contributed by atoms with Gasteiger partial charge in [-0.05, 0) is 86.7 Å². The number of aliphatic hydroxyl groups is 2. The number of aliphatic carboxylic acids is 1. The zero-order chi connectivity index (χ0) is 31.3. The number of hydrogen-bond acceptors (Lipinski definition) is 5. The summed E-state index contributed by atoms with van der Waals surface area (Å²) in [6, 6.07) is 16.3. The molecule has 0 radical (unpaired) electrons. The van der Waals surface area contributed by atoms with Crippen molar-refractivity contribution in [1.82, 2.24) is 4.57 Å². The Morgan fingerprint density at radius 3 is 1.95 bits per heavy atom. The summed E-state index contributed by atoms with van der Waals surface area (Å²) in [4.78, 5) is 24.9. The third-order valence-corrected chi connectivity index (χ3v) is 7.05. The van der Waals surface area contributed by atoms with Gasteiger partial charge in [0.1, 0.15) is 23.1 Å². The summed E-state index contributed by atoms with van der Waals surface area (Å²) in [6.45, 7) is 3.71. The number of carboxylic acid groups (broad SMARTS) is 1. The molecule has 0 aliphatic rings. The van der Waals surface area contributed by atoms with E-state index >= 15 is 0 Å². The molecule has 0 saturated carbocycles. The number of aliphatic hydroxyl groups excluding tert-OH is 2. The number of aromatic nitrogens is 1. The minimum Gasteiger partial charge on any atom is -0.550 e. The van der Waals surface area contributed by atoms with Crippen molar-refractivity contribution in [3.63, 3.8) is 0 Å². The molecule has 1 aromatic heterocycles. The van der Waals surface area contributed by atoms with Crippen molar-refractivity contribution in [2.75, 3.05) is 5.32 Å². The van der Waals surface area contributed by atoms with Gasteiger partial charge >= 0.3 is 0 Å². The molecule has 0 fully saturated rings. The molecule has 0 aliphatic carbocycles. The van der Waals surface area contributed by atoms with E-state index in [9.17, 15) is 38.1 Å². The number of halogens is 3. The second kappa shape index (κ2) is 13.7. The zero-order valence-electron chi connectivity index (χ0n) is 23.7. The van der Waals surface area contributed by atoms with E-state index in [1.165, 1.54) is 60.7 Å². The maximum absolute atomic E-state index is 14.0. The average Bonchev–Trinajstić information content (AvgIpc) is 3.28. The van der Waals surface area contributed by atoms with Crippen molar-refractivity contribution in [3.8, 4) is 22.3 Å². The average molecular weight is 594 g/mol. The smallest absolute Gasteiger partial charge is 0.272 e. The largest absolute Gasteiger partial charge is 0.550 e. The van der Waals surface area contributed by atoms with Crippen molar-refractivity contribution in [1.29, 1.82) is 0 Å². The molecule has 3 aromatic carbocycles. The molecule has 10 heteroatoms. The molecule has 43 heavy (non-hydrogen) atoms. The first kappa shape index (κ1) is 31.5. The highest BCUT2D eigenvalue weighted by molar-refractivity contribution is 6.11. The molecule has 0 bridgehead atoms. The molecule has 0 unspecified atom stereocenters. The lowest BCUT2D eigenvalue weighted by Crippen LogP contribution is -2.29. The third kappa shape index (κ3) is 7.71. The Balaban J connectivity index is 1.92. The minimum atomic E-state index is -1.44. The molecular weight excluding hydrogens is 561 g/mol. The predicted octanol–water partition coefficient (Wildman–Crippen LogP) is 5.26. The van der Waals surface area contributed by atoms with Crippen LogP contribution in [0.5, 0.6) is 0 Å². The highest BCUT2D eigenvalue weighted by Gasteiger charge is 2.30. The van der Waals surface area contributed by atoms with Crippen molar-refractivity contribution in [2.24, 2.45) is 0 Å². The molecule has 2 atom stereocenters. The summed E-state index contributed by atoms with van der Waals surface area (Å²) in [5.41, 5.74) is 3.03. The lowest BCUT2D eigenvalue weighted by molar-refractivity contribution is -0.307. The maximum Gasteiger partial charge on any atom is 0.272 e. The van der Waals surface area contributed by atoms with E-state index in [4.69, 9.17) is 0 Å². The van der Waals surface area contributed by atoms with Gasteiger partial charge in [-0.25, -0.2) is 13.2 Å². The van der Waals surface area contributed by atoms with Gasteiger partial charge in [0.2, 0.25) is 0 Å². The van der Waals surface area contributed by atoms with Crippen LogP contribution in [0, 0.1) is 17.5 Å². The normalized spacial score (nSPS) is 12.7. The Kier molecular flexibility index (Phi) is 10.1. The van der Waals surface area contributed by atoms with Crippen LogP contribution < -0.4 is 10.4 Å². The van der Waals surface area contributed by atoms with Crippen LogP contribution in [-0.4, -0.2) is 38.9 Å². The summed E-state index contributed by atoms with van der Waals surface area (Å²) in [5.74, 6) is -3.51. The van der Waals surface area contributed by atoms with Gasteiger partial charge in [-0.15, -0.1) is 0 Å². The van der Waals surface area contributed by atoms with Gasteiger partial charge in [-0.2, -0.15) is 0 Å². The second-order valence-corrected chi connectivity index (χ2v) is 10.6. The molecule has 7 nitrogen and oxygen atoms in total. The van der Waals surface area contributed by atoms with Gasteiger partial charge in [0, 0.05) is 40.9 Å². The summed E-state index contributed by atoms with van der Waals surface area (Å²) in [6.07, 6.45) is -2.98. The van der Waals surface area contributed by atoms with Crippen LogP contribution in [0.1, 0.15) is 55.3 Å². The van der Waals surface area contributed by atoms with Crippen molar-refractivity contribution < 1.29 is 38.1 Å². The third-order valence-electron chi connectivity index (χ3n) is 7.05. The summed E-state index contributed by atoms with van der Waals surface area (Å²) in [5, 5.41) is 34.3. The van der Waals surface area contributed by atoms with Crippen LogP contribution in [0.2, 0.25) is 0 Å². The highest BCUT2D eigenvalue weighted by Crippen LogP contribution is 2.43. The van der Waals surface area contributed by atoms with Gasteiger partial charge in [0.25, 0.3) is 5.91 Å². The molecule has 3 N–H and O–H groups in total. The van der Waals surface area contributed by atoms with E-state index < -0.39 is 48.0 Å². The monoisotopic (exact) mass is 593 g/mol. The number of carbonyl (C=O) groups excluding carboxylic acids is 2. The fourth-order valence-corrected chi connectivity index (χ4v) is 5.27. The number of anilines is 1. The van der Waals surface area contributed by atoms with Crippen LogP contribution >= 0.6 is 0 Å². The molecule has 4 aromatic rings. The Hall–Kier alpha value is -4.41. The van der Waals surface area contributed by atoms with Crippen molar-refractivity contribution in [3.05, 3.63) is 102 Å². The van der Waals surface area contributed by atoms with E-state index in [1.54, 1.807) is 16.7 Å². The van der Waals surface area contributed by atoms with Crippen LogP contribution in [0.25, 0.3) is 22.3 Å². The highest BCUT2D eigenvalue weighted by atomic mass is 19.1. The van der Waals surface area contributed by atoms with Gasteiger partial charge in [0.05, 0.1) is 12.2 Å². The number of amides is 1. The van der Waals surface area contributed by atoms with Gasteiger partial charge in [0.15, 0.2) is 0 Å². The van der Waals surface area contributed by atoms with Crippen LogP contribution in [-0.2, 0) is 11.2 Å². The van der Waals surface area contributed by atoms with E-state index in [-0.39, 0.29) is 36.7 Å². The first-order chi connectivity index (χ1) is 20.4. The fraction of sp³-hybridized carbons (Fsp3) is 0.273. The molecule has 226 valence electrons. The number of nitrogens with zero attached hydrogens (tertiary/aromatic N) is 1. The first-order valence-corrected chi connectivity index (χ1v) is 13.9. The quantitative estimate of drug-likeness (QED) is 0.208. The molecule has 1 heterocycles. The van der Waals surface area contributed by atoms with Crippen LogP contribution in [0.15, 0.2) is 72.8 Å². The van der Waals surface area contributed by atoms with Gasteiger partial charge in [-0.1, -0.05) is 30.3 Å². The van der Waals surface area contributed by atoms with Gasteiger partial charge in [-0.3, -0.25) is 4.79 Å². The topological polar surface area (TPSA) is 115 Å². The number of rotatable bonds is 12. The van der Waals surface area contributed by atoms with Crippen LogP contribution in [0.4, 0.5) is 18.9 Å². The number of carbonyl (C=O) groups is 2. The molecule has 4 rings (SSSR count). The lowest BCUT2D eigenvalue weighted by atomic mass is 9.92. The van der Waals surface area contributed by atoms with E-state index in [1.807, 2.05) is 13.8 Å². The standard InChI is InChI=1S/C33H33F3N2O5/c1-19(2)38-28(15-14-26(39)17-27(40)18-29(41)42)30(20-6-10-22(34)11-7-20)31(21-8-12-23(35)13-9-21)32(38)33(43)37-25-5-3-4-24(36)16-25/h3-13,16,19,26-27,39-40H,14-15,17-18H2,1-2H3,(H,37,43)(H,41,42)/p-1/t26-,27-/m1/s1. The van der Waals surface area contributed by atoms with Crippen molar-refractivity contribution >= 4 is 17.6 Å². The molecule has 1 amide bonds. The molecule has 0 spiro atoms. The van der Waals surface area contributed by atoms with E-state index in [0.29, 0.717) is 27.9 Å². The Morgan fingerprint density at radius 2 is 1.42 bits per heavy atom.